The van der Waals surface area contributed by atoms with Crippen molar-refractivity contribution in [3.8, 4) is 5.75 Å². The maximum absolute atomic E-state index is 13.4. The highest BCUT2D eigenvalue weighted by Crippen LogP contribution is 2.36. The first-order valence-corrected chi connectivity index (χ1v) is 10.7. The first kappa shape index (κ1) is 21.0. The van der Waals surface area contributed by atoms with Gasteiger partial charge in [0.25, 0.3) is 5.91 Å². The van der Waals surface area contributed by atoms with Gasteiger partial charge in [-0.1, -0.05) is 60.7 Å². The van der Waals surface area contributed by atoms with Crippen LogP contribution in [0.25, 0.3) is 0 Å². The number of pyridine rings is 1. The third kappa shape index (κ3) is 3.78. The molecule has 8 heteroatoms. The van der Waals surface area contributed by atoms with Crippen LogP contribution in [0.5, 0.6) is 5.75 Å². The Hall–Kier alpha value is -3.91. The topological polar surface area (TPSA) is 98.1 Å². The molecule has 0 radical (unpaired) electrons. The average molecular weight is 446 g/mol. The van der Waals surface area contributed by atoms with Gasteiger partial charge in [-0.25, -0.2) is 4.79 Å². The van der Waals surface area contributed by atoms with E-state index in [-0.39, 0.29) is 18.1 Å². The van der Waals surface area contributed by atoms with E-state index >= 15 is 0 Å². The highest BCUT2D eigenvalue weighted by atomic mass is 16.5. The molecule has 2 aromatic carbocycles. The molecule has 1 unspecified atom stereocenters. The molecule has 168 valence electrons. The van der Waals surface area contributed by atoms with Gasteiger partial charge in [0.05, 0.1) is 12.6 Å². The zero-order chi connectivity index (χ0) is 22.9. The van der Waals surface area contributed by atoms with Gasteiger partial charge in [0, 0.05) is 12.7 Å². The Morgan fingerprint density at radius 1 is 1.03 bits per heavy atom. The van der Waals surface area contributed by atoms with Crippen molar-refractivity contribution < 1.29 is 24.2 Å². The molecule has 2 aliphatic heterocycles. The fourth-order valence-electron chi connectivity index (χ4n) is 4.45. The molecule has 1 fully saturated rings. The summed E-state index contributed by atoms with van der Waals surface area (Å²) in [7, 11) is 0. The third-order valence-electron chi connectivity index (χ3n) is 6.01. The lowest BCUT2D eigenvalue weighted by molar-refractivity contribution is -0.0153. The van der Waals surface area contributed by atoms with Crippen molar-refractivity contribution in [3.05, 3.63) is 99.5 Å². The van der Waals surface area contributed by atoms with Crippen molar-refractivity contribution in [2.45, 2.75) is 25.3 Å². The van der Waals surface area contributed by atoms with E-state index in [4.69, 9.17) is 9.47 Å². The maximum Gasteiger partial charge on any atom is 0.341 e. The zero-order valence-corrected chi connectivity index (χ0v) is 17.7. The normalized spacial score (nSPS) is 19.2. The van der Waals surface area contributed by atoms with E-state index in [1.165, 1.54) is 6.20 Å². The molecule has 0 saturated carbocycles. The van der Waals surface area contributed by atoms with E-state index in [9.17, 15) is 19.5 Å². The monoisotopic (exact) mass is 446 g/mol. The molecule has 33 heavy (non-hydrogen) atoms. The maximum atomic E-state index is 13.4. The van der Waals surface area contributed by atoms with Crippen molar-refractivity contribution in [2.75, 3.05) is 13.2 Å². The van der Waals surface area contributed by atoms with Crippen LogP contribution in [0, 0.1) is 0 Å². The van der Waals surface area contributed by atoms with E-state index in [1.54, 1.807) is 9.47 Å². The number of carboxylic acids is 1. The highest BCUT2D eigenvalue weighted by molar-refractivity contribution is 5.98. The molecule has 3 aromatic rings. The summed E-state index contributed by atoms with van der Waals surface area (Å²) in [5, 5.41) is 9.71. The van der Waals surface area contributed by atoms with Crippen molar-refractivity contribution in [1.29, 1.82) is 0 Å². The van der Waals surface area contributed by atoms with Crippen molar-refractivity contribution in [2.24, 2.45) is 0 Å². The summed E-state index contributed by atoms with van der Waals surface area (Å²) in [4.78, 5) is 40.0. The Bertz CT molecular complexity index is 1260. The minimum Gasteiger partial charge on any atom is -0.483 e. The first-order chi connectivity index (χ1) is 16.0. The number of nitrogens with zero attached hydrogens (tertiary/aromatic N) is 2. The molecule has 3 heterocycles. The number of carboxylic acid groups (broad SMARTS) is 1. The molecule has 1 N–H and O–H groups in total. The van der Waals surface area contributed by atoms with Gasteiger partial charge in [-0.05, 0) is 17.5 Å². The molecule has 0 spiro atoms. The summed E-state index contributed by atoms with van der Waals surface area (Å²) in [5.41, 5.74) is 0.598. The van der Waals surface area contributed by atoms with Crippen molar-refractivity contribution >= 4 is 11.9 Å². The minimum absolute atomic E-state index is 0.0305. The number of carbonyl (C=O) groups is 2. The number of aromatic nitrogens is 1. The Balaban J connectivity index is 1.65. The quantitative estimate of drug-likeness (QED) is 0.625. The van der Waals surface area contributed by atoms with Crippen LogP contribution < -0.4 is 10.2 Å². The van der Waals surface area contributed by atoms with Crippen LogP contribution in [0.15, 0.2) is 71.7 Å². The molecule has 2 aliphatic rings. The number of hydrogen-bond donors (Lipinski definition) is 1. The highest BCUT2D eigenvalue weighted by Gasteiger charge is 2.45. The summed E-state index contributed by atoms with van der Waals surface area (Å²) in [5.74, 6) is -2.02. The van der Waals surface area contributed by atoms with Crippen LogP contribution in [0.3, 0.4) is 0 Å². The Morgan fingerprint density at radius 2 is 1.70 bits per heavy atom. The van der Waals surface area contributed by atoms with Gasteiger partial charge in [-0.15, -0.1) is 0 Å². The molecule has 0 aliphatic carbocycles. The van der Waals surface area contributed by atoms with E-state index in [0.29, 0.717) is 19.6 Å². The van der Waals surface area contributed by atoms with Gasteiger partial charge in [-0.3, -0.25) is 9.59 Å². The molecule has 5 rings (SSSR count). The summed E-state index contributed by atoms with van der Waals surface area (Å²) in [6.07, 6.45) is 1.18. The van der Waals surface area contributed by atoms with Crippen LogP contribution in [0.4, 0.5) is 0 Å². The van der Waals surface area contributed by atoms with Gasteiger partial charge in [0.1, 0.15) is 12.2 Å². The van der Waals surface area contributed by atoms with Gasteiger partial charge in [-0.2, -0.15) is 0 Å². The third-order valence-corrected chi connectivity index (χ3v) is 6.01. The number of fused-ring (bicyclic) bond motifs is 2. The fourth-order valence-corrected chi connectivity index (χ4v) is 4.45. The second kappa shape index (κ2) is 8.55. The Labute approximate surface area is 189 Å². The standard InChI is InChI=1S/C25H22N2O6/c28-21-18(25(30)31)14-27-19(13-16-7-3-1-4-8-16)24-26(11-12-32-24)23(29)20(27)22(21)33-15-17-9-5-2-6-10-17/h1-10,14,19,24H,11-13,15H2,(H,30,31)/t19-,24?/m0/s1. The number of ether oxygens (including phenoxy) is 2. The van der Waals surface area contributed by atoms with Crippen LogP contribution in [0.2, 0.25) is 0 Å². The van der Waals surface area contributed by atoms with Gasteiger partial charge >= 0.3 is 5.97 Å². The lowest BCUT2D eigenvalue weighted by Crippen LogP contribution is -2.50. The zero-order valence-electron chi connectivity index (χ0n) is 17.7. The van der Waals surface area contributed by atoms with Crippen LogP contribution >= 0.6 is 0 Å². The molecule has 1 saturated heterocycles. The largest absolute Gasteiger partial charge is 0.483 e. The van der Waals surface area contributed by atoms with Crippen molar-refractivity contribution in [3.63, 3.8) is 0 Å². The Morgan fingerprint density at radius 3 is 2.36 bits per heavy atom. The van der Waals surface area contributed by atoms with Gasteiger partial charge in [0.15, 0.2) is 17.7 Å². The number of carbonyl (C=O) groups excluding carboxylic acids is 1. The molecule has 0 bridgehead atoms. The summed E-state index contributed by atoms with van der Waals surface area (Å²) < 4.78 is 13.3. The first-order valence-electron chi connectivity index (χ1n) is 10.7. The second-order valence-corrected chi connectivity index (χ2v) is 8.05. The predicted octanol–water partition coefficient (Wildman–Crippen LogP) is 2.72. The predicted molar refractivity (Wildman–Crippen MR) is 118 cm³/mol. The van der Waals surface area contributed by atoms with Gasteiger partial charge in [0.2, 0.25) is 5.43 Å². The molecule has 1 amide bonds. The minimum atomic E-state index is -1.37. The van der Waals surface area contributed by atoms with Crippen LogP contribution in [-0.2, 0) is 17.8 Å². The van der Waals surface area contributed by atoms with E-state index in [1.807, 2.05) is 60.7 Å². The van der Waals surface area contributed by atoms with Crippen LogP contribution in [0.1, 0.15) is 38.0 Å². The molecular weight excluding hydrogens is 424 g/mol. The number of rotatable bonds is 6. The number of hydrogen-bond acceptors (Lipinski definition) is 5. The van der Waals surface area contributed by atoms with E-state index in [0.717, 1.165) is 11.1 Å². The summed E-state index contributed by atoms with van der Waals surface area (Å²) >= 11 is 0. The van der Waals surface area contributed by atoms with E-state index in [2.05, 4.69) is 0 Å². The number of amides is 1. The SMILES string of the molecule is O=C(O)c1cn2c(c(OCc3ccccc3)c1=O)C(=O)N1CCOC1[C@@H]2Cc1ccccc1. The number of aromatic carboxylic acids is 1. The molecule has 1 aromatic heterocycles. The van der Waals surface area contributed by atoms with Gasteiger partial charge < -0.3 is 24.0 Å². The lowest BCUT2D eigenvalue weighted by Gasteiger charge is -2.39. The van der Waals surface area contributed by atoms with E-state index < -0.39 is 35.1 Å². The van der Waals surface area contributed by atoms with Crippen LogP contribution in [-0.4, -0.2) is 45.8 Å². The smallest absolute Gasteiger partial charge is 0.341 e. The second-order valence-electron chi connectivity index (χ2n) is 8.05. The molecule has 2 atom stereocenters. The Kier molecular flexibility index (Phi) is 5.43. The van der Waals surface area contributed by atoms with Crippen molar-refractivity contribution in [1.82, 2.24) is 9.47 Å². The lowest BCUT2D eigenvalue weighted by atomic mass is 9.99. The average Bonchev–Trinajstić information content (AvgIpc) is 3.32. The summed E-state index contributed by atoms with van der Waals surface area (Å²) in [6.45, 7) is 0.789. The summed E-state index contributed by atoms with van der Waals surface area (Å²) in [6, 6.07) is 18.4. The fraction of sp³-hybridized carbons (Fsp3) is 0.240. The molecular formula is C25H22N2O6. The molecule has 8 nitrogen and oxygen atoms in total. The number of benzene rings is 2.